The highest BCUT2D eigenvalue weighted by molar-refractivity contribution is 7.17. The van der Waals surface area contributed by atoms with Crippen molar-refractivity contribution in [3.05, 3.63) is 27.2 Å². The number of ether oxygens (including phenoxy) is 1. The Labute approximate surface area is 121 Å². The second-order valence-corrected chi connectivity index (χ2v) is 5.32. The molecule has 0 aromatic carbocycles. The van der Waals surface area contributed by atoms with E-state index < -0.39 is 0 Å². The molecule has 5 nitrogen and oxygen atoms in total. The molecule has 0 saturated heterocycles. The molecule has 0 unspecified atom stereocenters. The summed E-state index contributed by atoms with van der Waals surface area (Å²) in [5, 5.41) is 10.6. The molecule has 2 heterocycles. The fourth-order valence-corrected chi connectivity index (χ4v) is 2.85. The fourth-order valence-electron chi connectivity index (χ4n) is 1.96. The van der Waals surface area contributed by atoms with E-state index in [1.165, 1.54) is 17.4 Å². The van der Waals surface area contributed by atoms with Crippen LogP contribution in [0.15, 0.2) is 20.7 Å². The number of hydrogen-bond acceptors (Lipinski definition) is 6. The van der Waals surface area contributed by atoms with E-state index >= 15 is 0 Å². The molecule has 0 aliphatic carbocycles. The molecular weight excluding hydrogens is 278 g/mol. The first-order valence-electron chi connectivity index (χ1n) is 6.62. The van der Waals surface area contributed by atoms with Gasteiger partial charge in [0.15, 0.2) is 11.5 Å². The Balaban J connectivity index is 2.21. The maximum atomic E-state index is 12.1. The van der Waals surface area contributed by atoms with Crippen LogP contribution in [0.1, 0.15) is 12.5 Å². The zero-order chi connectivity index (χ0) is 14.5. The van der Waals surface area contributed by atoms with Gasteiger partial charge in [0.25, 0.3) is 0 Å². The zero-order valence-electron chi connectivity index (χ0n) is 11.7. The second kappa shape index (κ2) is 6.88. The van der Waals surface area contributed by atoms with Crippen LogP contribution in [0.2, 0.25) is 0 Å². The summed E-state index contributed by atoms with van der Waals surface area (Å²) < 4.78 is 11.8. The van der Waals surface area contributed by atoms with Crippen LogP contribution < -0.4 is 10.3 Å². The molecule has 0 spiro atoms. The van der Waals surface area contributed by atoms with Crippen LogP contribution in [-0.2, 0) is 4.74 Å². The molecular formula is C14H19NO4S. The normalized spacial score (nSPS) is 11.2. The minimum Gasteiger partial charge on any atom is -0.439 e. The topological polar surface area (TPSA) is 62.9 Å². The lowest BCUT2D eigenvalue weighted by Crippen LogP contribution is -2.28. The van der Waals surface area contributed by atoms with Crippen molar-refractivity contribution in [3.63, 3.8) is 0 Å². The first kappa shape index (κ1) is 15.0. The van der Waals surface area contributed by atoms with Gasteiger partial charge in [0.2, 0.25) is 5.43 Å². The smallest absolute Gasteiger partial charge is 0.204 e. The van der Waals surface area contributed by atoms with Gasteiger partial charge >= 0.3 is 0 Å². The highest BCUT2D eigenvalue weighted by Gasteiger charge is 2.13. The number of fused-ring (bicyclic) bond motifs is 1. The van der Waals surface area contributed by atoms with Gasteiger partial charge in [-0.05, 0) is 19.2 Å². The molecule has 110 valence electrons. The quantitative estimate of drug-likeness (QED) is 0.792. The van der Waals surface area contributed by atoms with E-state index in [0.717, 1.165) is 12.1 Å². The number of anilines is 1. The molecule has 2 aromatic rings. The van der Waals surface area contributed by atoms with Gasteiger partial charge in [-0.25, -0.2) is 0 Å². The van der Waals surface area contributed by atoms with Crippen LogP contribution in [0.25, 0.3) is 10.3 Å². The lowest BCUT2D eigenvalue weighted by atomic mass is 10.3. The van der Waals surface area contributed by atoms with E-state index in [9.17, 15) is 4.79 Å². The lowest BCUT2D eigenvalue weighted by Gasteiger charge is -2.21. The van der Waals surface area contributed by atoms with Crippen molar-refractivity contribution in [1.82, 2.24) is 0 Å². The van der Waals surface area contributed by atoms with E-state index in [1.807, 2.05) is 24.1 Å². The molecule has 0 aliphatic heterocycles. The first-order chi connectivity index (χ1) is 9.67. The Kier molecular flexibility index (Phi) is 5.17. The number of aliphatic hydroxyl groups is 1. The average Bonchev–Trinajstić information content (AvgIpc) is 2.81. The Morgan fingerprint density at radius 3 is 2.95 bits per heavy atom. The van der Waals surface area contributed by atoms with Gasteiger partial charge < -0.3 is 19.2 Å². The molecule has 0 saturated carbocycles. The third kappa shape index (κ3) is 3.20. The summed E-state index contributed by atoms with van der Waals surface area (Å²) in [6, 6.07) is 1.54. The lowest BCUT2D eigenvalue weighted by molar-refractivity contribution is 0.0964. The molecule has 2 rings (SSSR count). The van der Waals surface area contributed by atoms with Gasteiger partial charge in [0, 0.05) is 24.7 Å². The number of rotatable bonds is 7. The van der Waals surface area contributed by atoms with Gasteiger partial charge in [0.05, 0.1) is 19.8 Å². The zero-order valence-corrected chi connectivity index (χ0v) is 12.5. The standard InChI is InChI=1S/C14H19NO4S/c1-3-15(4-6-18-7-5-16)12-8-11(17)14-13(19-12)10(2)9-20-14/h8-9,16H,3-7H2,1-2H3. The Morgan fingerprint density at radius 1 is 1.45 bits per heavy atom. The SMILES string of the molecule is CCN(CCOCCO)c1cc(=O)c2scc(C)c2o1. The minimum absolute atomic E-state index is 0.00548. The fraction of sp³-hybridized carbons (Fsp3) is 0.500. The Bertz CT molecular complexity index is 619. The van der Waals surface area contributed by atoms with Gasteiger partial charge in [-0.15, -0.1) is 11.3 Å². The number of hydrogen-bond donors (Lipinski definition) is 1. The second-order valence-electron chi connectivity index (χ2n) is 4.44. The van der Waals surface area contributed by atoms with Crippen molar-refractivity contribution in [1.29, 1.82) is 0 Å². The summed E-state index contributed by atoms with van der Waals surface area (Å²) in [7, 11) is 0. The number of aliphatic hydroxyl groups excluding tert-OH is 1. The average molecular weight is 297 g/mol. The highest BCUT2D eigenvalue weighted by Crippen LogP contribution is 2.26. The molecule has 0 atom stereocenters. The third-order valence-corrected chi connectivity index (χ3v) is 4.13. The van der Waals surface area contributed by atoms with Gasteiger partial charge in [-0.3, -0.25) is 4.79 Å². The number of thiophene rings is 1. The van der Waals surface area contributed by atoms with Gasteiger partial charge in [0.1, 0.15) is 4.70 Å². The minimum atomic E-state index is -0.00548. The molecule has 0 amide bonds. The predicted molar refractivity (Wildman–Crippen MR) is 80.9 cm³/mol. The van der Waals surface area contributed by atoms with Crippen molar-refractivity contribution >= 4 is 27.5 Å². The molecule has 6 heteroatoms. The van der Waals surface area contributed by atoms with Crippen molar-refractivity contribution < 1.29 is 14.3 Å². The van der Waals surface area contributed by atoms with Crippen molar-refractivity contribution in [3.8, 4) is 0 Å². The van der Waals surface area contributed by atoms with E-state index in [4.69, 9.17) is 14.3 Å². The van der Waals surface area contributed by atoms with E-state index in [2.05, 4.69) is 0 Å². The molecule has 0 aliphatic rings. The summed E-state index contributed by atoms with van der Waals surface area (Å²) in [5.41, 5.74) is 1.65. The van der Waals surface area contributed by atoms with Crippen LogP contribution in [0.3, 0.4) is 0 Å². The molecule has 20 heavy (non-hydrogen) atoms. The summed E-state index contributed by atoms with van der Waals surface area (Å²) in [6.45, 7) is 6.10. The Hall–Kier alpha value is -1.37. The van der Waals surface area contributed by atoms with Crippen LogP contribution in [0.5, 0.6) is 0 Å². The number of nitrogens with zero attached hydrogens (tertiary/aromatic N) is 1. The largest absolute Gasteiger partial charge is 0.439 e. The van der Waals surface area contributed by atoms with Crippen LogP contribution in [-0.4, -0.2) is 38.0 Å². The summed E-state index contributed by atoms with van der Waals surface area (Å²) >= 11 is 1.42. The molecule has 0 bridgehead atoms. The van der Waals surface area contributed by atoms with Crippen molar-refractivity contribution in [2.24, 2.45) is 0 Å². The number of likely N-dealkylation sites (N-methyl/N-ethyl adjacent to an activating group) is 1. The van der Waals surface area contributed by atoms with Gasteiger partial charge in [-0.1, -0.05) is 0 Å². The summed E-state index contributed by atoms with van der Waals surface area (Å²) in [5.74, 6) is 0.569. The maximum absolute atomic E-state index is 12.1. The molecule has 1 N–H and O–H groups in total. The summed E-state index contributed by atoms with van der Waals surface area (Å²) in [6.07, 6.45) is 0. The monoisotopic (exact) mass is 297 g/mol. The Morgan fingerprint density at radius 2 is 2.25 bits per heavy atom. The van der Waals surface area contributed by atoms with E-state index in [-0.39, 0.29) is 12.0 Å². The molecule has 2 aromatic heterocycles. The van der Waals surface area contributed by atoms with E-state index in [1.54, 1.807) is 0 Å². The highest BCUT2D eigenvalue weighted by atomic mass is 32.1. The van der Waals surface area contributed by atoms with Gasteiger partial charge in [-0.2, -0.15) is 0 Å². The van der Waals surface area contributed by atoms with E-state index in [0.29, 0.717) is 35.9 Å². The maximum Gasteiger partial charge on any atom is 0.204 e. The van der Waals surface area contributed by atoms with Crippen molar-refractivity contribution in [2.45, 2.75) is 13.8 Å². The summed E-state index contributed by atoms with van der Waals surface area (Å²) in [4.78, 5) is 14.0. The van der Waals surface area contributed by atoms with Crippen LogP contribution in [0.4, 0.5) is 5.88 Å². The first-order valence-corrected chi connectivity index (χ1v) is 7.50. The molecule has 0 radical (unpaired) electrons. The molecule has 0 fully saturated rings. The van der Waals surface area contributed by atoms with Crippen LogP contribution >= 0.6 is 11.3 Å². The van der Waals surface area contributed by atoms with Crippen molar-refractivity contribution in [2.75, 3.05) is 37.8 Å². The van der Waals surface area contributed by atoms with Crippen LogP contribution in [0, 0.1) is 6.92 Å². The third-order valence-electron chi connectivity index (χ3n) is 3.04. The predicted octanol–water partition coefficient (Wildman–Crippen LogP) is 2.00. The number of aryl methyl sites for hydroxylation is 1.